The molecule has 8 N–H and O–H groups in total. The number of carboxylic acid groups (broad SMARTS) is 2. The van der Waals surface area contributed by atoms with Gasteiger partial charge < -0.3 is 65.0 Å². The van der Waals surface area contributed by atoms with Crippen molar-refractivity contribution in [1.82, 2.24) is 20.6 Å². The first kappa shape index (κ1) is 66.8. The number of carbonyl (C=O) groups excluding carboxylic acids is 2. The number of carbonyl (C=O) groups is 4. The first-order chi connectivity index (χ1) is 30.5. The molecule has 0 aromatic carbocycles. The van der Waals surface area contributed by atoms with Crippen LogP contribution in [0.2, 0.25) is 0 Å². The number of halogens is 1. The lowest BCUT2D eigenvalue weighted by molar-refractivity contribution is -0.146. The zero-order chi connectivity index (χ0) is 49.1. The SMILES string of the molecule is C.C1COCCN1.C1COCCN1.CCOC(=O)CC(=O)COC.COCc1cc(=O)[nH]c(S)c1C#N.COCc1cc(=O)[nH]c(SCC(=O)O)c1C#N.N#CCC(N)=S.O=C(O)CBr. The number of aromatic nitrogens is 2. The maximum atomic E-state index is 11.3. The third-order valence-corrected chi connectivity index (χ3v) is 8.32. The maximum absolute atomic E-state index is 11.3. The normalized spacial score (nSPS) is 11.7. The highest BCUT2D eigenvalue weighted by molar-refractivity contribution is 9.09. The second-order valence-corrected chi connectivity index (χ2v) is 14.0. The number of esters is 1. The number of alkyl halides is 1. The number of aromatic amines is 2. The van der Waals surface area contributed by atoms with E-state index < -0.39 is 17.9 Å². The standard InChI is InChI=1S/C10H10N2O4S.C8H8N2O2S.C7H12O4.2C4H9NO.C3H4N2S.C2H3BrO2.CH4/c1-16-4-6-2-8(13)12-10(7(6)3-11)17-5-9(14)15;1-12-4-5-2-7(11)10-8(13)6(5)3-9;1-3-11-7(9)4-6(8)5-10-2;2*1-3-6-4-2-5-1;4-2-1-3(5)6;3-1-2(4)5;/h2H,4-5H2,1H3,(H,12,13)(H,14,15);2H,4H2,1H3,(H2,10,11,13);3-5H2,1-2H3;2*5H,1-4H2;1H2,(H2,5,6);1H2,(H,4,5);1H4. The summed E-state index contributed by atoms with van der Waals surface area (Å²) in [6, 6.07) is 8.29. The van der Waals surface area contributed by atoms with E-state index in [0.29, 0.717) is 23.3 Å². The van der Waals surface area contributed by atoms with Gasteiger partial charge in [-0.25, -0.2) is 0 Å². The van der Waals surface area contributed by atoms with Crippen molar-refractivity contribution in [2.45, 2.75) is 50.5 Å². The number of aliphatic carboxylic acids is 2. The Morgan fingerprint density at radius 2 is 1.32 bits per heavy atom. The number of nitrogens with one attached hydrogen (secondary N) is 4. The number of nitrogens with two attached hydrogens (primary N) is 1. The molecule has 4 rings (SSSR count). The summed E-state index contributed by atoms with van der Waals surface area (Å²) in [5, 5.41) is 48.7. The number of Topliss-reactive ketones (excluding diaryl/α,β-unsaturated/α-hetero) is 1. The van der Waals surface area contributed by atoms with Gasteiger partial charge in [-0.05, 0) is 6.92 Å². The number of H-pyrrole nitrogens is 2. The predicted octanol–water partition coefficient (Wildman–Crippen LogP) is 1.91. The number of ketones is 1. The van der Waals surface area contributed by atoms with Gasteiger partial charge in [-0.2, -0.15) is 15.8 Å². The fourth-order valence-electron chi connectivity index (χ4n) is 3.91. The first-order valence-electron chi connectivity index (χ1n) is 18.5. The molecule has 0 aliphatic carbocycles. The lowest BCUT2D eigenvalue weighted by Gasteiger charge is -2.10. The van der Waals surface area contributed by atoms with Gasteiger partial charge in [0, 0.05) is 70.8 Å². The van der Waals surface area contributed by atoms with Crippen LogP contribution in [-0.4, -0.2) is 147 Å². The summed E-state index contributed by atoms with van der Waals surface area (Å²) in [6.45, 7) is 10.0. The zero-order valence-electron chi connectivity index (χ0n) is 35.8. The van der Waals surface area contributed by atoms with E-state index in [9.17, 15) is 28.8 Å². The Morgan fingerprint density at radius 1 is 0.862 bits per heavy atom. The zero-order valence-corrected chi connectivity index (χ0v) is 39.9. The molecule has 2 saturated heterocycles. The molecule has 4 heterocycles. The fraction of sp³-hybridized carbons (Fsp3) is 0.538. The van der Waals surface area contributed by atoms with Crippen molar-refractivity contribution >= 4 is 81.2 Å². The molecule has 2 aromatic heterocycles. The van der Waals surface area contributed by atoms with E-state index in [1.807, 2.05) is 12.1 Å². The molecule has 0 amide bonds. The molecule has 2 fully saturated rings. The Labute approximate surface area is 401 Å². The van der Waals surface area contributed by atoms with Crippen molar-refractivity contribution in [2.75, 3.05) is 98.2 Å². The summed E-state index contributed by atoms with van der Waals surface area (Å²) >= 11 is 11.9. The third-order valence-electron chi connectivity index (χ3n) is 6.37. The van der Waals surface area contributed by atoms with Crippen LogP contribution in [0.1, 0.15) is 49.4 Å². The van der Waals surface area contributed by atoms with Crippen molar-refractivity contribution in [3.05, 3.63) is 55.1 Å². The molecule has 0 radical (unpaired) electrons. The van der Waals surface area contributed by atoms with E-state index in [4.69, 9.17) is 50.7 Å². The van der Waals surface area contributed by atoms with Crippen LogP contribution in [0.5, 0.6) is 0 Å². The topological polar surface area (TPSA) is 351 Å². The second-order valence-electron chi connectivity index (χ2n) is 11.5. The average Bonchev–Trinajstić information content (AvgIpc) is 3.25. The molecule has 2 aliphatic rings. The van der Waals surface area contributed by atoms with Crippen LogP contribution in [-0.2, 0) is 60.8 Å². The highest BCUT2D eigenvalue weighted by atomic mass is 79.9. The number of carboxylic acids is 2. The summed E-state index contributed by atoms with van der Waals surface area (Å²) in [5.74, 6) is -2.82. The molecule has 2 aromatic rings. The van der Waals surface area contributed by atoms with E-state index in [0.717, 1.165) is 64.4 Å². The van der Waals surface area contributed by atoms with E-state index >= 15 is 0 Å². The van der Waals surface area contributed by atoms with Crippen molar-refractivity contribution in [1.29, 1.82) is 15.8 Å². The number of thiol groups is 1. The maximum Gasteiger partial charge on any atom is 0.314 e. The number of morpholine rings is 2. The molecule has 2 aliphatic heterocycles. The Kier molecular flexibility index (Phi) is 47.1. The molecule has 0 spiro atoms. The van der Waals surface area contributed by atoms with Gasteiger partial charge in [-0.3, -0.25) is 28.8 Å². The quantitative estimate of drug-likeness (QED) is 0.0334. The van der Waals surface area contributed by atoms with Crippen LogP contribution in [0.15, 0.2) is 31.8 Å². The highest BCUT2D eigenvalue weighted by Crippen LogP contribution is 2.21. The van der Waals surface area contributed by atoms with Crippen LogP contribution in [0.3, 0.4) is 0 Å². The molecular weight excluding hydrogens is 981 g/mol. The monoisotopic (exact) mass is 1040 g/mol. The minimum atomic E-state index is -1.02. The van der Waals surface area contributed by atoms with Gasteiger partial charge in [0.2, 0.25) is 11.1 Å². The molecule has 0 saturated carbocycles. The van der Waals surface area contributed by atoms with Crippen molar-refractivity contribution in [3.63, 3.8) is 0 Å². The average molecular weight is 1040 g/mol. The summed E-state index contributed by atoms with van der Waals surface area (Å²) in [6.07, 6.45) is -0.00296. The largest absolute Gasteiger partial charge is 0.481 e. The summed E-state index contributed by atoms with van der Waals surface area (Å²) < 4.78 is 28.8. The lowest BCUT2D eigenvalue weighted by Crippen LogP contribution is -2.30. The second kappa shape index (κ2) is 45.8. The van der Waals surface area contributed by atoms with Gasteiger partial charge in [0.1, 0.15) is 30.5 Å². The van der Waals surface area contributed by atoms with Crippen molar-refractivity contribution in [2.24, 2.45) is 5.73 Å². The molecule has 0 bridgehead atoms. The smallest absolute Gasteiger partial charge is 0.314 e. The molecule has 0 atom stereocenters. The molecular formula is C39H59BrN8O14S3. The molecule has 22 nitrogen and oxygen atoms in total. The first-order valence-corrected chi connectivity index (χ1v) is 21.5. The summed E-state index contributed by atoms with van der Waals surface area (Å²) in [4.78, 5) is 68.5. The Balaban J connectivity index is -0.000000349. The summed E-state index contributed by atoms with van der Waals surface area (Å²) in [5.41, 5.74) is 5.85. The predicted molar refractivity (Wildman–Crippen MR) is 251 cm³/mol. The van der Waals surface area contributed by atoms with E-state index in [2.05, 4.69) is 70.9 Å². The van der Waals surface area contributed by atoms with Gasteiger partial charge in [0.05, 0.1) is 90.7 Å². The van der Waals surface area contributed by atoms with Gasteiger partial charge in [0.25, 0.3) is 0 Å². The Morgan fingerprint density at radius 3 is 1.63 bits per heavy atom. The number of thioether (sulfide) groups is 1. The van der Waals surface area contributed by atoms with Crippen molar-refractivity contribution < 1.29 is 57.8 Å². The minimum absolute atomic E-state index is 0. The van der Waals surface area contributed by atoms with Crippen molar-refractivity contribution in [3.8, 4) is 18.2 Å². The summed E-state index contributed by atoms with van der Waals surface area (Å²) in [7, 11) is 4.36. The Bertz CT molecular complexity index is 1880. The Hall–Kier alpha value is -4.76. The van der Waals surface area contributed by atoms with Gasteiger partial charge in [0.15, 0.2) is 5.78 Å². The van der Waals surface area contributed by atoms with Crippen LogP contribution in [0.25, 0.3) is 0 Å². The van der Waals surface area contributed by atoms with E-state index in [-0.39, 0.29) is 88.7 Å². The number of ether oxygens (including phenoxy) is 6. The van der Waals surface area contributed by atoms with Crippen LogP contribution >= 0.6 is 52.5 Å². The fourth-order valence-corrected chi connectivity index (χ4v) is 5.04. The van der Waals surface area contributed by atoms with Crippen LogP contribution in [0, 0.1) is 34.0 Å². The highest BCUT2D eigenvalue weighted by Gasteiger charge is 2.13. The number of methoxy groups -OCH3 is 3. The van der Waals surface area contributed by atoms with E-state index in [1.165, 1.54) is 33.5 Å². The van der Waals surface area contributed by atoms with Gasteiger partial charge >= 0.3 is 17.9 Å². The molecule has 26 heteroatoms. The number of nitrogens with zero attached hydrogens (tertiary/aromatic N) is 3. The van der Waals surface area contributed by atoms with Crippen LogP contribution in [0.4, 0.5) is 0 Å². The molecule has 65 heavy (non-hydrogen) atoms. The number of hydrogen-bond donors (Lipinski definition) is 8. The number of thiocarbonyl (C=S) groups is 1. The lowest BCUT2D eigenvalue weighted by atomic mass is 10.2. The minimum Gasteiger partial charge on any atom is -0.481 e. The molecule has 364 valence electrons. The van der Waals surface area contributed by atoms with Gasteiger partial charge in [-0.15, -0.1) is 12.6 Å². The van der Waals surface area contributed by atoms with E-state index in [1.54, 1.807) is 13.0 Å². The third kappa shape index (κ3) is 40.5. The molecule has 0 unspecified atom stereocenters. The number of nitriles is 3. The number of pyridine rings is 2. The van der Waals surface area contributed by atoms with Crippen LogP contribution < -0.4 is 27.5 Å². The van der Waals surface area contributed by atoms with Gasteiger partial charge in [-0.1, -0.05) is 47.3 Å². The number of hydrogen-bond acceptors (Lipinski definition) is 20. The number of rotatable bonds is 14.